The van der Waals surface area contributed by atoms with Crippen LogP contribution < -0.4 is 5.32 Å². The zero-order valence-electron chi connectivity index (χ0n) is 44.6. The molecule has 3 saturated heterocycles. The molecule has 3 heterocycles. The van der Waals surface area contributed by atoms with Crippen LogP contribution in [0.5, 0.6) is 0 Å². The Morgan fingerprint density at radius 2 is 0.919 bits per heavy atom. The van der Waals surface area contributed by atoms with Crippen LogP contribution in [0, 0.1) is 0 Å². The molecule has 3 fully saturated rings. The van der Waals surface area contributed by atoms with Gasteiger partial charge in [0, 0.05) is 6.42 Å². The van der Waals surface area contributed by atoms with Crippen molar-refractivity contribution < 1.29 is 89.4 Å². The highest BCUT2D eigenvalue weighted by atomic mass is 16.8. The number of aliphatic hydroxyl groups excluding tert-OH is 11. The van der Waals surface area contributed by atoms with Crippen molar-refractivity contribution in [2.45, 2.75) is 279 Å². The minimum absolute atomic E-state index is 0.227. The van der Waals surface area contributed by atoms with Gasteiger partial charge in [0.05, 0.1) is 38.6 Å². The average molecular weight is 1060 g/mol. The zero-order valence-corrected chi connectivity index (χ0v) is 44.6. The van der Waals surface area contributed by atoms with Crippen molar-refractivity contribution in [2.24, 2.45) is 0 Å². The summed E-state index contributed by atoms with van der Waals surface area (Å²) in [4.78, 5) is 13.3. The fourth-order valence-electron chi connectivity index (χ4n) is 9.46. The summed E-state index contributed by atoms with van der Waals surface area (Å²) in [7, 11) is 0. The Morgan fingerprint density at radius 1 is 0.486 bits per heavy atom. The number of rotatable bonds is 40. The van der Waals surface area contributed by atoms with Crippen LogP contribution in [0.15, 0.2) is 36.5 Å². The summed E-state index contributed by atoms with van der Waals surface area (Å²) in [5.41, 5.74) is 0. The Labute approximate surface area is 440 Å². The van der Waals surface area contributed by atoms with Crippen molar-refractivity contribution in [1.29, 1.82) is 0 Å². The third-order valence-electron chi connectivity index (χ3n) is 14.2. The Hall–Kier alpha value is -1.99. The Bertz CT molecular complexity index is 1500. The second-order valence-electron chi connectivity index (χ2n) is 20.4. The molecule has 3 aliphatic rings. The molecule has 17 atom stereocenters. The molecule has 12 N–H and O–H groups in total. The second kappa shape index (κ2) is 39.4. The van der Waals surface area contributed by atoms with E-state index in [1.165, 1.54) is 70.6 Å². The van der Waals surface area contributed by atoms with Crippen LogP contribution in [0.3, 0.4) is 0 Å². The molecule has 0 bridgehead atoms. The Kier molecular flexibility index (Phi) is 35.3. The molecular weight excluding hydrogens is 963 g/mol. The number of unbranched alkanes of at least 4 members (excludes halogenated alkanes) is 20. The lowest BCUT2D eigenvalue weighted by molar-refractivity contribution is -0.379. The molecular formula is C55H99NO18. The molecule has 0 aromatic carbocycles. The van der Waals surface area contributed by atoms with Crippen LogP contribution in [0.25, 0.3) is 0 Å². The second-order valence-corrected chi connectivity index (χ2v) is 20.4. The van der Waals surface area contributed by atoms with Crippen molar-refractivity contribution in [3.05, 3.63) is 36.5 Å². The van der Waals surface area contributed by atoms with Crippen LogP contribution in [-0.4, -0.2) is 193 Å². The van der Waals surface area contributed by atoms with Gasteiger partial charge in [-0.15, -0.1) is 0 Å². The predicted molar refractivity (Wildman–Crippen MR) is 277 cm³/mol. The first-order valence-electron chi connectivity index (χ1n) is 28.2. The molecule has 17 unspecified atom stereocenters. The molecule has 0 saturated carbocycles. The van der Waals surface area contributed by atoms with Crippen LogP contribution in [0.2, 0.25) is 0 Å². The number of carbonyl (C=O) groups excluding carboxylic acids is 1. The van der Waals surface area contributed by atoms with E-state index >= 15 is 0 Å². The van der Waals surface area contributed by atoms with Gasteiger partial charge in [-0.05, 0) is 44.9 Å². The molecule has 3 aliphatic heterocycles. The van der Waals surface area contributed by atoms with Gasteiger partial charge < -0.3 is 89.9 Å². The van der Waals surface area contributed by atoms with E-state index in [0.717, 1.165) is 77.0 Å². The number of carbonyl (C=O) groups is 1. The Morgan fingerprint density at radius 3 is 1.43 bits per heavy atom. The van der Waals surface area contributed by atoms with E-state index in [9.17, 15) is 61.0 Å². The molecule has 0 spiro atoms. The summed E-state index contributed by atoms with van der Waals surface area (Å²) in [5, 5.41) is 120. The van der Waals surface area contributed by atoms with Gasteiger partial charge in [-0.25, -0.2) is 0 Å². The average Bonchev–Trinajstić information content (AvgIpc) is 3.40. The minimum Gasteiger partial charge on any atom is -0.394 e. The normalized spacial score (nSPS) is 31.7. The maximum atomic E-state index is 13.3. The lowest BCUT2D eigenvalue weighted by Crippen LogP contribution is -2.66. The summed E-state index contributed by atoms with van der Waals surface area (Å²) in [5.74, 6) is -0.292. The van der Waals surface area contributed by atoms with Gasteiger partial charge in [-0.1, -0.05) is 159 Å². The van der Waals surface area contributed by atoms with E-state index < -0.39 is 124 Å². The van der Waals surface area contributed by atoms with Gasteiger partial charge in [-0.2, -0.15) is 0 Å². The number of ether oxygens (including phenoxy) is 6. The molecule has 0 radical (unpaired) electrons. The van der Waals surface area contributed by atoms with Gasteiger partial charge >= 0.3 is 0 Å². The van der Waals surface area contributed by atoms with Crippen molar-refractivity contribution in [3.8, 4) is 0 Å². The van der Waals surface area contributed by atoms with Gasteiger partial charge in [0.25, 0.3) is 0 Å². The SMILES string of the molecule is CCC/C=C\C/C=C\CCCCCCCC(=O)NC(COC1OC(CO)C(OC2OC(CO)C(OC3OC(CO)C(O)C(O)C3O)C(O)C2O)C(O)C1O)C(O)/C=C/CCCCCCCCCCCCCCCC. The van der Waals surface area contributed by atoms with E-state index in [0.29, 0.717) is 6.42 Å². The third-order valence-corrected chi connectivity index (χ3v) is 14.2. The number of hydrogen-bond donors (Lipinski definition) is 12. The number of amides is 1. The molecule has 1 amide bonds. The number of allylic oxidation sites excluding steroid dienone is 5. The minimum atomic E-state index is -1.98. The number of nitrogens with one attached hydrogen (secondary N) is 1. The molecule has 3 rings (SSSR count). The topological polar surface area (TPSA) is 307 Å². The first-order chi connectivity index (χ1) is 35.8. The lowest BCUT2D eigenvalue weighted by atomic mass is 9.96. The van der Waals surface area contributed by atoms with Gasteiger partial charge in [-0.3, -0.25) is 4.79 Å². The highest BCUT2D eigenvalue weighted by Crippen LogP contribution is 2.33. The highest BCUT2D eigenvalue weighted by molar-refractivity contribution is 5.76. The number of hydrogen-bond acceptors (Lipinski definition) is 18. The van der Waals surface area contributed by atoms with E-state index in [1.54, 1.807) is 6.08 Å². The van der Waals surface area contributed by atoms with Crippen molar-refractivity contribution in [3.63, 3.8) is 0 Å². The highest BCUT2D eigenvalue weighted by Gasteiger charge is 2.53. The summed E-state index contributed by atoms with van der Waals surface area (Å²) in [6.45, 7) is 1.62. The van der Waals surface area contributed by atoms with Gasteiger partial charge in [0.15, 0.2) is 18.9 Å². The molecule has 0 aromatic heterocycles. The van der Waals surface area contributed by atoms with Crippen LogP contribution in [0.4, 0.5) is 0 Å². The van der Waals surface area contributed by atoms with Crippen LogP contribution in [-0.2, 0) is 33.2 Å². The van der Waals surface area contributed by atoms with Crippen LogP contribution in [0.1, 0.15) is 174 Å². The van der Waals surface area contributed by atoms with E-state index in [1.807, 2.05) is 6.08 Å². The van der Waals surface area contributed by atoms with E-state index in [2.05, 4.69) is 43.5 Å². The number of aliphatic hydroxyl groups is 11. The Balaban J connectivity index is 1.54. The van der Waals surface area contributed by atoms with Gasteiger partial charge in [0.2, 0.25) is 5.91 Å². The molecule has 0 aliphatic carbocycles. The third kappa shape index (κ3) is 23.9. The maximum absolute atomic E-state index is 13.3. The molecule has 0 aromatic rings. The monoisotopic (exact) mass is 1060 g/mol. The standard InChI is InChI=1S/C55H99NO18/c1-3-5-7-9-11-13-15-17-18-19-21-22-24-26-28-30-32-39(60)38(56-43(61)33-31-29-27-25-23-20-16-14-12-10-8-6-4-2)37-69-53-49(67)46(64)51(41(35-58)71-53)74-55-50(68)47(65)52(42(36-59)72-55)73-54-48(66)45(63)44(62)40(34-57)70-54/h8,10,14,16,30,32,38-42,44-55,57-60,62-68H,3-7,9,11-13,15,17-29,31,33-37H2,1-2H3,(H,56,61)/b10-8-,16-14-,32-30+. The quantitative estimate of drug-likeness (QED) is 0.0307. The zero-order chi connectivity index (χ0) is 54.1. The van der Waals surface area contributed by atoms with Gasteiger partial charge in [0.1, 0.15) is 73.2 Å². The fourth-order valence-corrected chi connectivity index (χ4v) is 9.46. The summed E-state index contributed by atoms with van der Waals surface area (Å²) in [6, 6.07) is -0.978. The van der Waals surface area contributed by atoms with Crippen molar-refractivity contribution in [2.75, 3.05) is 26.4 Å². The lowest BCUT2D eigenvalue weighted by Gasteiger charge is -2.48. The summed E-state index contributed by atoms with van der Waals surface area (Å²) in [6.07, 6.45) is 12.7. The smallest absolute Gasteiger partial charge is 0.220 e. The van der Waals surface area contributed by atoms with Crippen LogP contribution >= 0.6 is 0 Å². The largest absolute Gasteiger partial charge is 0.394 e. The van der Waals surface area contributed by atoms with E-state index in [-0.39, 0.29) is 18.9 Å². The van der Waals surface area contributed by atoms with Crippen molar-refractivity contribution in [1.82, 2.24) is 5.32 Å². The summed E-state index contributed by atoms with van der Waals surface area (Å²) < 4.78 is 34.2. The predicted octanol–water partition coefficient (Wildman–Crippen LogP) is 3.76. The summed E-state index contributed by atoms with van der Waals surface area (Å²) >= 11 is 0. The molecule has 19 heteroatoms. The maximum Gasteiger partial charge on any atom is 0.220 e. The molecule has 432 valence electrons. The molecule has 74 heavy (non-hydrogen) atoms. The first-order valence-corrected chi connectivity index (χ1v) is 28.2. The van der Waals surface area contributed by atoms with E-state index in [4.69, 9.17) is 28.4 Å². The first kappa shape index (κ1) is 66.3. The fraction of sp³-hybridized carbons (Fsp3) is 0.873. The molecule has 19 nitrogen and oxygen atoms in total. The van der Waals surface area contributed by atoms with Crippen molar-refractivity contribution >= 4 is 5.91 Å².